The van der Waals surface area contributed by atoms with E-state index in [2.05, 4.69) is 20.4 Å². The molecule has 1 aliphatic carbocycles. The van der Waals surface area contributed by atoms with Crippen molar-refractivity contribution in [3.63, 3.8) is 0 Å². The fourth-order valence-corrected chi connectivity index (χ4v) is 4.00. The highest BCUT2D eigenvalue weighted by atomic mass is 16.5. The van der Waals surface area contributed by atoms with Crippen LogP contribution in [-0.2, 0) is 11.3 Å². The molecule has 0 spiro atoms. The van der Waals surface area contributed by atoms with Crippen LogP contribution in [0.3, 0.4) is 0 Å². The number of nitrogens with one attached hydrogen (secondary N) is 1. The minimum Gasteiger partial charge on any atom is -0.461 e. The molecular weight excluding hydrogens is 332 g/mol. The molecule has 140 valence electrons. The summed E-state index contributed by atoms with van der Waals surface area (Å²) in [5.41, 5.74) is 0. The van der Waals surface area contributed by atoms with Gasteiger partial charge in [0.25, 0.3) is 0 Å². The first-order valence-corrected chi connectivity index (χ1v) is 9.67. The zero-order chi connectivity index (χ0) is 17.8. The monoisotopic (exact) mass is 358 g/mol. The van der Waals surface area contributed by atoms with Crippen molar-refractivity contribution in [2.75, 3.05) is 13.1 Å². The first-order valence-electron chi connectivity index (χ1n) is 9.67. The highest BCUT2D eigenvalue weighted by Crippen LogP contribution is 2.22. The predicted molar refractivity (Wildman–Crippen MR) is 95.0 cm³/mol. The number of aromatic nitrogens is 2. The summed E-state index contributed by atoms with van der Waals surface area (Å²) in [6, 6.07) is 3.98. The molecule has 1 aliphatic heterocycles. The number of carbonyl (C=O) groups is 1. The second kappa shape index (κ2) is 8.03. The van der Waals surface area contributed by atoms with Gasteiger partial charge in [-0.05, 0) is 44.4 Å². The number of hydrogen-bond donors (Lipinski definition) is 1. The Kier molecular flexibility index (Phi) is 5.34. The SMILES string of the molecule is O=C(NC1CCCCC1)C1CCCN(Cc2nc(-c3ccco3)no2)C1. The van der Waals surface area contributed by atoms with E-state index in [1.807, 2.05) is 0 Å². The highest BCUT2D eigenvalue weighted by Gasteiger charge is 2.28. The van der Waals surface area contributed by atoms with Gasteiger partial charge in [-0.25, -0.2) is 0 Å². The molecule has 4 rings (SSSR count). The third-order valence-electron chi connectivity index (χ3n) is 5.40. The van der Waals surface area contributed by atoms with E-state index in [0.29, 0.717) is 30.1 Å². The summed E-state index contributed by atoms with van der Waals surface area (Å²) < 4.78 is 10.6. The number of amides is 1. The van der Waals surface area contributed by atoms with Crippen LogP contribution in [0.1, 0.15) is 50.8 Å². The molecule has 26 heavy (non-hydrogen) atoms. The number of likely N-dealkylation sites (tertiary alicyclic amines) is 1. The Morgan fingerprint density at radius 1 is 1.23 bits per heavy atom. The molecular formula is C19H26N4O3. The molecule has 0 bridgehead atoms. The number of piperidine rings is 1. The molecule has 1 N–H and O–H groups in total. The van der Waals surface area contributed by atoms with Crippen LogP contribution in [0.25, 0.3) is 11.6 Å². The molecule has 1 unspecified atom stereocenters. The smallest absolute Gasteiger partial charge is 0.241 e. The van der Waals surface area contributed by atoms with Crippen LogP contribution in [0.2, 0.25) is 0 Å². The Hall–Kier alpha value is -2.15. The van der Waals surface area contributed by atoms with Crippen LogP contribution in [-0.4, -0.2) is 40.1 Å². The maximum Gasteiger partial charge on any atom is 0.241 e. The first-order chi connectivity index (χ1) is 12.8. The van der Waals surface area contributed by atoms with E-state index in [0.717, 1.165) is 38.8 Å². The molecule has 7 heteroatoms. The van der Waals surface area contributed by atoms with Crippen LogP contribution in [0, 0.1) is 5.92 Å². The van der Waals surface area contributed by atoms with Gasteiger partial charge in [0.1, 0.15) is 0 Å². The Balaban J connectivity index is 1.31. The van der Waals surface area contributed by atoms with Gasteiger partial charge in [-0.2, -0.15) is 4.98 Å². The molecule has 2 aromatic rings. The summed E-state index contributed by atoms with van der Waals surface area (Å²) in [6.45, 7) is 2.27. The van der Waals surface area contributed by atoms with Gasteiger partial charge in [0.2, 0.25) is 17.6 Å². The molecule has 7 nitrogen and oxygen atoms in total. The molecule has 1 amide bonds. The zero-order valence-corrected chi connectivity index (χ0v) is 15.0. The van der Waals surface area contributed by atoms with E-state index in [1.165, 1.54) is 19.3 Å². The quantitative estimate of drug-likeness (QED) is 0.884. The van der Waals surface area contributed by atoms with Crippen molar-refractivity contribution in [1.29, 1.82) is 0 Å². The summed E-state index contributed by atoms with van der Waals surface area (Å²) in [5, 5.41) is 7.24. The second-order valence-corrected chi connectivity index (χ2v) is 7.41. The lowest BCUT2D eigenvalue weighted by Gasteiger charge is -2.32. The summed E-state index contributed by atoms with van der Waals surface area (Å²) in [7, 11) is 0. The van der Waals surface area contributed by atoms with Crippen molar-refractivity contribution in [3.8, 4) is 11.6 Å². The summed E-state index contributed by atoms with van der Waals surface area (Å²) >= 11 is 0. The van der Waals surface area contributed by atoms with Crippen molar-refractivity contribution >= 4 is 5.91 Å². The largest absolute Gasteiger partial charge is 0.461 e. The normalized spacial score (nSPS) is 22.4. The fourth-order valence-electron chi connectivity index (χ4n) is 4.00. The van der Waals surface area contributed by atoms with Crippen molar-refractivity contribution in [3.05, 3.63) is 24.3 Å². The Morgan fingerprint density at radius 3 is 2.92 bits per heavy atom. The van der Waals surface area contributed by atoms with E-state index >= 15 is 0 Å². The van der Waals surface area contributed by atoms with Crippen molar-refractivity contribution < 1.29 is 13.7 Å². The lowest BCUT2D eigenvalue weighted by Crippen LogP contribution is -2.46. The van der Waals surface area contributed by atoms with E-state index in [-0.39, 0.29) is 11.8 Å². The molecule has 0 aromatic carbocycles. The maximum absolute atomic E-state index is 12.6. The van der Waals surface area contributed by atoms with Gasteiger partial charge in [-0.1, -0.05) is 24.4 Å². The van der Waals surface area contributed by atoms with Crippen molar-refractivity contribution in [2.45, 2.75) is 57.5 Å². The van der Waals surface area contributed by atoms with Gasteiger partial charge in [0, 0.05) is 12.6 Å². The second-order valence-electron chi connectivity index (χ2n) is 7.41. The lowest BCUT2D eigenvalue weighted by molar-refractivity contribution is -0.127. The fraction of sp³-hybridized carbons (Fsp3) is 0.632. The predicted octanol–water partition coefficient (Wildman–Crippen LogP) is 2.99. The number of hydrogen-bond acceptors (Lipinski definition) is 6. The first kappa shape index (κ1) is 17.3. The molecule has 2 aliphatic rings. The topological polar surface area (TPSA) is 84.4 Å². The Bertz CT molecular complexity index is 706. The van der Waals surface area contributed by atoms with E-state index < -0.39 is 0 Å². The molecule has 1 atom stereocenters. The Labute approximate surface area is 153 Å². The van der Waals surface area contributed by atoms with Crippen LogP contribution in [0.15, 0.2) is 27.3 Å². The van der Waals surface area contributed by atoms with Gasteiger partial charge >= 0.3 is 0 Å². The summed E-state index contributed by atoms with van der Waals surface area (Å²) in [5.74, 6) is 1.89. The number of rotatable bonds is 5. The standard InChI is InChI=1S/C19H26N4O3/c24-19(20-15-7-2-1-3-8-15)14-6-4-10-23(12-14)13-17-21-18(22-26-17)16-9-5-11-25-16/h5,9,11,14-15H,1-4,6-8,10,12-13H2,(H,20,24). The third-order valence-corrected chi connectivity index (χ3v) is 5.40. The van der Waals surface area contributed by atoms with Gasteiger partial charge in [0.15, 0.2) is 5.76 Å². The Morgan fingerprint density at radius 2 is 2.12 bits per heavy atom. The lowest BCUT2D eigenvalue weighted by atomic mass is 9.93. The number of furan rings is 1. The van der Waals surface area contributed by atoms with Gasteiger partial charge in [-0.15, -0.1) is 0 Å². The average Bonchev–Trinajstić information content (AvgIpc) is 3.34. The van der Waals surface area contributed by atoms with E-state index in [4.69, 9.17) is 8.94 Å². The van der Waals surface area contributed by atoms with Crippen LogP contribution in [0.5, 0.6) is 0 Å². The third kappa shape index (κ3) is 4.15. The molecule has 1 saturated heterocycles. The van der Waals surface area contributed by atoms with Crippen LogP contribution >= 0.6 is 0 Å². The molecule has 2 fully saturated rings. The van der Waals surface area contributed by atoms with Gasteiger partial charge in [0.05, 0.1) is 18.7 Å². The van der Waals surface area contributed by atoms with E-state index in [1.54, 1.807) is 18.4 Å². The minimum absolute atomic E-state index is 0.0538. The summed E-state index contributed by atoms with van der Waals surface area (Å²) in [4.78, 5) is 19.2. The minimum atomic E-state index is 0.0538. The summed E-state index contributed by atoms with van der Waals surface area (Å²) in [6.07, 6.45) is 9.57. The average molecular weight is 358 g/mol. The van der Waals surface area contributed by atoms with E-state index in [9.17, 15) is 4.79 Å². The van der Waals surface area contributed by atoms with Crippen molar-refractivity contribution in [2.24, 2.45) is 5.92 Å². The van der Waals surface area contributed by atoms with Crippen LogP contribution in [0.4, 0.5) is 0 Å². The maximum atomic E-state index is 12.6. The molecule has 3 heterocycles. The van der Waals surface area contributed by atoms with Crippen molar-refractivity contribution in [1.82, 2.24) is 20.4 Å². The molecule has 0 radical (unpaired) electrons. The molecule has 1 saturated carbocycles. The highest BCUT2D eigenvalue weighted by molar-refractivity contribution is 5.79. The van der Waals surface area contributed by atoms with Gasteiger partial charge in [-0.3, -0.25) is 9.69 Å². The number of carbonyl (C=O) groups excluding carboxylic acids is 1. The molecule has 2 aromatic heterocycles. The van der Waals surface area contributed by atoms with Crippen LogP contribution < -0.4 is 5.32 Å². The number of nitrogens with zero attached hydrogens (tertiary/aromatic N) is 3. The zero-order valence-electron chi connectivity index (χ0n) is 15.0. The van der Waals surface area contributed by atoms with Gasteiger partial charge < -0.3 is 14.3 Å².